The van der Waals surface area contributed by atoms with Crippen molar-refractivity contribution < 1.29 is 19.1 Å². The van der Waals surface area contributed by atoms with Crippen molar-refractivity contribution in [2.24, 2.45) is 11.8 Å². The summed E-state index contributed by atoms with van der Waals surface area (Å²) in [7, 11) is 0. The maximum Gasteiger partial charge on any atom is 0.270 e. The molecular weight excluding hydrogens is 530 g/mol. The van der Waals surface area contributed by atoms with E-state index >= 15 is 0 Å². The number of likely N-dealkylation sites (tertiary alicyclic amines) is 1. The van der Waals surface area contributed by atoms with Gasteiger partial charge in [0.25, 0.3) is 17.4 Å². The Kier molecular flexibility index (Phi) is 7.13. The molecule has 1 aliphatic carbocycles. The molecule has 8 nitrogen and oxygen atoms in total. The smallest absolute Gasteiger partial charge is 0.270 e. The Morgan fingerprint density at radius 1 is 1.02 bits per heavy atom. The summed E-state index contributed by atoms with van der Waals surface area (Å²) in [5, 5.41) is 2.72. The number of halogens is 1. The van der Waals surface area contributed by atoms with Gasteiger partial charge in [-0.3, -0.25) is 19.2 Å². The van der Waals surface area contributed by atoms with Gasteiger partial charge in [0.05, 0.1) is 17.8 Å². The zero-order valence-electron chi connectivity index (χ0n) is 22.3. The molecule has 1 saturated carbocycles. The van der Waals surface area contributed by atoms with Crippen molar-refractivity contribution >= 4 is 29.2 Å². The maximum absolute atomic E-state index is 14.0. The summed E-state index contributed by atoms with van der Waals surface area (Å²) in [6.45, 7) is 3.25. The van der Waals surface area contributed by atoms with E-state index in [2.05, 4.69) is 5.32 Å². The number of ether oxygens (including phenoxy) is 1. The number of piperidine rings is 1. The molecule has 4 heterocycles. The number of amides is 2. The lowest BCUT2D eigenvalue weighted by atomic mass is 9.79. The topological polar surface area (TPSA) is 97.7 Å². The number of nitrogens with one attached hydrogen (secondary N) is 1. The summed E-state index contributed by atoms with van der Waals surface area (Å²) in [6, 6.07) is 12.4. The molecule has 2 aromatic rings. The van der Waals surface area contributed by atoms with Crippen molar-refractivity contribution in [1.29, 1.82) is 0 Å². The van der Waals surface area contributed by atoms with Gasteiger partial charge in [-0.15, -0.1) is 11.6 Å². The van der Waals surface area contributed by atoms with E-state index in [1.807, 2.05) is 29.7 Å². The number of aromatic nitrogens is 1. The van der Waals surface area contributed by atoms with E-state index in [-0.39, 0.29) is 57.8 Å². The van der Waals surface area contributed by atoms with Crippen LogP contribution >= 0.6 is 11.6 Å². The molecule has 5 atom stereocenters. The van der Waals surface area contributed by atoms with Gasteiger partial charge in [0.15, 0.2) is 5.78 Å². The largest absolute Gasteiger partial charge is 0.497 e. The minimum atomic E-state index is -0.423. The van der Waals surface area contributed by atoms with E-state index in [4.69, 9.17) is 16.3 Å². The van der Waals surface area contributed by atoms with Crippen LogP contribution in [0.4, 0.5) is 0 Å². The quantitative estimate of drug-likeness (QED) is 0.454. The molecule has 40 heavy (non-hydrogen) atoms. The van der Waals surface area contributed by atoms with Crippen LogP contribution in [0.5, 0.6) is 0 Å². The number of pyridine rings is 1. The van der Waals surface area contributed by atoms with Crippen molar-refractivity contribution in [3.05, 3.63) is 93.2 Å². The standard InChI is InChI=1S/C31H32ClN3O5/c1-18-5-2-3-6-23(18)30(38)33-25(12-21-17-40-27-10-9-22(32)13-24(27)29(21)37)31(39)34-14-19-11-20(16-34)26-7-4-8-28(36)35(26)15-19/h2-8,12,17,19-20,22,24,27H,9-11,13-16H2,1H3,(H,33,38)/b25-12-. The van der Waals surface area contributed by atoms with Crippen LogP contribution < -0.4 is 10.9 Å². The summed E-state index contributed by atoms with van der Waals surface area (Å²) in [6.07, 6.45) is 5.56. The third-order valence-electron chi connectivity index (χ3n) is 8.65. The fourth-order valence-corrected chi connectivity index (χ4v) is 6.94. The first-order chi connectivity index (χ1) is 19.3. The molecule has 6 rings (SSSR count). The van der Waals surface area contributed by atoms with Crippen LogP contribution in [0.25, 0.3) is 0 Å². The first-order valence-electron chi connectivity index (χ1n) is 13.9. The molecule has 5 unspecified atom stereocenters. The summed E-state index contributed by atoms with van der Waals surface area (Å²) in [4.78, 5) is 55.0. The van der Waals surface area contributed by atoms with Gasteiger partial charge in [0, 0.05) is 48.3 Å². The molecule has 2 amide bonds. The molecule has 0 spiro atoms. The van der Waals surface area contributed by atoms with E-state index < -0.39 is 5.91 Å². The lowest BCUT2D eigenvalue weighted by molar-refractivity contribution is -0.130. The zero-order chi connectivity index (χ0) is 28.0. The van der Waals surface area contributed by atoms with E-state index in [1.165, 1.54) is 12.3 Å². The lowest BCUT2D eigenvalue weighted by Gasteiger charge is -2.43. The molecule has 1 aromatic carbocycles. The van der Waals surface area contributed by atoms with E-state index in [9.17, 15) is 19.2 Å². The molecule has 2 fully saturated rings. The highest BCUT2D eigenvalue weighted by molar-refractivity contribution is 6.21. The van der Waals surface area contributed by atoms with E-state index in [1.54, 1.807) is 29.2 Å². The number of benzene rings is 1. The number of alkyl halides is 1. The number of rotatable bonds is 4. The molecule has 208 valence electrons. The van der Waals surface area contributed by atoms with Gasteiger partial charge in [0.1, 0.15) is 11.8 Å². The Labute approximate surface area is 237 Å². The van der Waals surface area contributed by atoms with E-state index in [0.29, 0.717) is 38.0 Å². The van der Waals surface area contributed by atoms with Gasteiger partial charge in [-0.1, -0.05) is 24.3 Å². The van der Waals surface area contributed by atoms with Gasteiger partial charge in [-0.25, -0.2) is 0 Å². The number of allylic oxidation sites excluding steroid dienone is 2. The first kappa shape index (κ1) is 26.6. The summed E-state index contributed by atoms with van der Waals surface area (Å²) in [5.74, 6) is -1.15. The highest BCUT2D eigenvalue weighted by Gasteiger charge is 2.41. The van der Waals surface area contributed by atoms with Crippen LogP contribution in [0.1, 0.15) is 53.2 Å². The van der Waals surface area contributed by atoms with E-state index in [0.717, 1.165) is 24.1 Å². The highest BCUT2D eigenvalue weighted by atomic mass is 35.5. The molecule has 2 bridgehead atoms. The van der Waals surface area contributed by atoms with Crippen LogP contribution in [-0.4, -0.2) is 51.6 Å². The second-order valence-corrected chi connectivity index (χ2v) is 12.0. The number of ketones is 1. The summed E-state index contributed by atoms with van der Waals surface area (Å²) in [5.41, 5.74) is 2.39. The number of aryl methyl sites for hydroxylation is 1. The SMILES string of the molecule is Cc1ccccc1C(=O)N/C(=C\C1=COC2CCC(Cl)CC2C1=O)C(=O)N1CC2CC(C1)c1cccc(=O)n1C2. The number of Topliss-reactive ketones (excluding diaryl/α,β-unsaturated/α-hetero) is 1. The number of nitrogens with zero attached hydrogens (tertiary/aromatic N) is 2. The number of carbonyl (C=O) groups excluding carboxylic acids is 3. The van der Waals surface area contributed by atoms with Crippen molar-refractivity contribution in [2.75, 3.05) is 13.1 Å². The molecule has 1 saturated heterocycles. The first-order valence-corrected chi connectivity index (χ1v) is 14.3. The number of hydrogen-bond acceptors (Lipinski definition) is 5. The third kappa shape index (κ3) is 5.01. The fraction of sp³-hybridized carbons (Fsp3) is 0.419. The van der Waals surface area contributed by atoms with Crippen LogP contribution in [0.3, 0.4) is 0 Å². The summed E-state index contributed by atoms with van der Waals surface area (Å²) < 4.78 is 7.71. The Bertz CT molecular complexity index is 1490. The summed E-state index contributed by atoms with van der Waals surface area (Å²) >= 11 is 6.37. The molecule has 0 radical (unpaired) electrons. The third-order valence-corrected chi connectivity index (χ3v) is 9.05. The van der Waals surface area contributed by atoms with Crippen molar-refractivity contribution in [1.82, 2.24) is 14.8 Å². The zero-order valence-corrected chi connectivity index (χ0v) is 23.1. The second kappa shape index (κ2) is 10.7. The Hall–Kier alpha value is -3.65. The Morgan fingerprint density at radius 2 is 1.85 bits per heavy atom. The molecule has 3 aliphatic heterocycles. The monoisotopic (exact) mass is 561 g/mol. The molecule has 1 aromatic heterocycles. The molecular formula is C31H32ClN3O5. The highest BCUT2D eigenvalue weighted by Crippen LogP contribution is 2.37. The van der Waals surface area contributed by atoms with Gasteiger partial charge < -0.3 is 19.5 Å². The number of hydrogen-bond donors (Lipinski definition) is 1. The molecule has 4 aliphatic rings. The second-order valence-electron chi connectivity index (χ2n) is 11.4. The normalized spacial score (nSPS) is 27.6. The minimum Gasteiger partial charge on any atom is -0.497 e. The van der Waals surface area contributed by atoms with Crippen LogP contribution in [0.15, 0.2) is 70.9 Å². The predicted octanol–water partition coefficient (Wildman–Crippen LogP) is 3.68. The van der Waals surface area contributed by atoms with Crippen molar-refractivity contribution in [3.8, 4) is 0 Å². The minimum absolute atomic E-state index is 0.0150. The van der Waals surface area contributed by atoms with Crippen LogP contribution in [-0.2, 0) is 20.9 Å². The molecule has 1 N–H and O–H groups in total. The van der Waals surface area contributed by atoms with Gasteiger partial charge in [-0.2, -0.15) is 0 Å². The van der Waals surface area contributed by atoms with Gasteiger partial charge in [-0.05, 0) is 62.3 Å². The number of fused-ring (bicyclic) bond motifs is 5. The van der Waals surface area contributed by atoms with Crippen molar-refractivity contribution in [2.45, 2.75) is 56.6 Å². The van der Waals surface area contributed by atoms with Crippen molar-refractivity contribution in [3.63, 3.8) is 0 Å². The lowest BCUT2D eigenvalue weighted by Crippen LogP contribution is -2.50. The van der Waals surface area contributed by atoms with Crippen LogP contribution in [0.2, 0.25) is 0 Å². The Morgan fingerprint density at radius 3 is 2.67 bits per heavy atom. The average Bonchev–Trinajstić information content (AvgIpc) is 2.94. The fourth-order valence-electron chi connectivity index (χ4n) is 6.62. The number of carbonyl (C=O) groups is 3. The maximum atomic E-state index is 14.0. The average molecular weight is 562 g/mol. The Balaban J connectivity index is 1.31. The van der Waals surface area contributed by atoms with Gasteiger partial charge in [0.2, 0.25) is 0 Å². The predicted molar refractivity (Wildman–Crippen MR) is 150 cm³/mol. The molecule has 9 heteroatoms. The van der Waals surface area contributed by atoms with Gasteiger partial charge >= 0.3 is 0 Å². The van der Waals surface area contributed by atoms with Crippen LogP contribution in [0, 0.1) is 18.8 Å².